The molecule has 15 heavy (non-hydrogen) atoms. The van der Waals surface area contributed by atoms with Crippen LogP contribution in [-0.2, 0) is 11.2 Å². The topological polar surface area (TPSA) is 63.0 Å². The molecule has 0 saturated carbocycles. The Hall–Kier alpha value is -1.60. The predicted molar refractivity (Wildman–Crippen MR) is 54.5 cm³/mol. The lowest BCUT2D eigenvalue weighted by Crippen LogP contribution is -2.08. The number of pyridine rings is 1. The molecule has 4 nitrogen and oxygen atoms in total. The number of ether oxygens (including phenoxy) is 1. The lowest BCUT2D eigenvalue weighted by atomic mass is 10.2. The van der Waals surface area contributed by atoms with E-state index in [-0.39, 0.29) is 23.7 Å². The van der Waals surface area contributed by atoms with Crippen LogP contribution in [0.5, 0.6) is 0 Å². The van der Waals surface area contributed by atoms with Gasteiger partial charge in [-0.2, -0.15) is 5.26 Å². The van der Waals surface area contributed by atoms with Crippen LogP contribution >= 0.6 is 11.6 Å². The molecule has 1 aromatic rings. The van der Waals surface area contributed by atoms with Crippen LogP contribution in [0.1, 0.15) is 23.0 Å². The van der Waals surface area contributed by atoms with Gasteiger partial charge in [-0.3, -0.25) is 0 Å². The van der Waals surface area contributed by atoms with E-state index in [0.29, 0.717) is 5.56 Å². The zero-order valence-electron chi connectivity index (χ0n) is 8.16. The Bertz CT molecular complexity index is 412. The highest BCUT2D eigenvalue weighted by Gasteiger charge is 2.13. The number of hydrogen-bond donors (Lipinski definition) is 0. The fourth-order valence-corrected chi connectivity index (χ4v) is 1.28. The average Bonchev–Trinajstić information content (AvgIpc) is 2.18. The van der Waals surface area contributed by atoms with Crippen LogP contribution in [0.15, 0.2) is 12.3 Å². The van der Waals surface area contributed by atoms with Gasteiger partial charge in [-0.15, -0.1) is 0 Å². The third-order valence-corrected chi connectivity index (χ3v) is 1.94. The van der Waals surface area contributed by atoms with Gasteiger partial charge in [-0.1, -0.05) is 11.6 Å². The zero-order chi connectivity index (χ0) is 11.3. The van der Waals surface area contributed by atoms with Crippen LogP contribution in [0, 0.1) is 11.3 Å². The molecule has 0 unspecified atom stereocenters. The highest BCUT2D eigenvalue weighted by atomic mass is 35.5. The van der Waals surface area contributed by atoms with Crippen molar-refractivity contribution in [3.05, 3.63) is 28.5 Å². The van der Waals surface area contributed by atoms with Gasteiger partial charge in [0.05, 0.1) is 24.1 Å². The molecule has 0 bridgehead atoms. The molecule has 0 aromatic carbocycles. The van der Waals surface area contributed by atoms with Crippen LogP contribution < -0.4 is 0 Å². The molecular weight excluding hydrogens is 216 g/mol. The van der Waals surface area contributed by atoms with E-state index in [0.717, 1.165) is 0 Å². The van der Waals surface area contributed by atoms with E-state index in [2.05, 4.69) is 4.98 Å². The summed E-state index contributed by atoms with van der Waals surface area (Å²) in [6.07, 6.45) is 1.66. The van der Waals surface area contributed by atoms with Gasteiger partial charge in [0.1, 0.15) is 0 Å². The first-order chi connectivity index (χ1) is 7.19. The van der Waals surface area contributed by atoms with Gasteiger partial charge in [0.15, 0.2) is 5.69 Å². The summed E-state index contributed by atoms with van der Waals surface area (Å²) in [5.41, 5.74) is 0.760. The Labute approximate surface area is 92.4 Å². The molecule has 0 saturated heterocycles. The number of rotatable bonds is 3. The first kappa shape index (κ1) is 11.5. The van der Waals surface area contributed by atoms with Crippen LogP contribution in [0.4, 0.5) is 0 Å². The van der Waals surface area contributed by atoms with E-state index in [1.54, 1.807) is 13.0 Å². The molecule has 0 aliphatic rings. The monoisotopic (exact) mass is 224 g/mol. The number of esters is 1. The second-order valence-electron chi connectivity index (χ2n) is 2.73. The normalized spacial score (nSPS) is 9.40. The summed E-state index contributed by atoms with van der Waals surface area (Å²) in [4.78, 5) is 15.2. The van der Waals surface area contributed by atoms with Gasteiger partial charge in [-0.25, -0.2) is 9.78 Å². The third-order valence-electron chi connectivity index (χ3n) is 1.65. The second-order valence-corrected chi connectivity index (χ2v) is 3.14. The van der Waals surface area contributed by atoms with Crippen molar-refractivity contribution in [2.45, 2.75) is 13.3 Å². The third kappa shape index (κ3) is 2.93. The second kappa shape index (κ2) is 5.32. The molecule has 0 atom stereocenters. The highest BCUT2D eigenvalue weighted by Crippen LogP contribution is 2.16. The summed E-state index contributed by atoms with van der Waals surface area (Å²) in [7, 11) is 0. The van der Waals surface area contributed by atoms with Crippen LogP contribution in [0.3, 0.4) is 0 Å². The van der Waals surface area contributed by atoms with Crippen LogP contribution in [0.25, 0.3) is 0 Å². The Kier molecular flexibility index (Phi) is 4.07. The minimum Gasteiger partial charge on any atom is -0.461 e. The molecule has 0 aliphatic heterocycles. The number of carbonyl (C=O) groups is 1. The van der Waals surface area contributed by atoms with Crippen molar-refractivity contribution >= 4 is 17.6 Å². The summed E-state index contributed by atoms with van der Waals surface area (Å²) in [5, 5.41) is 8.67. The van der Waals surface area contributed by atoms with Gasteiger partial charge in [-0.05, 0) is 18.6 Å². The van der Waals surface area contributed by atoms with Crippen LogP contribution in [-0.4, -0.2) is 17.6 Å². The highest BCUT2D eigenvalue weighted by molar-refractivity contribution is 6.33. The SMILES string of the molecule is CCOC(=O)c1ncc(CC#N)cc1Cl. The van der Waals surface area contributed by atoms with Gasteiger partial charge in [0.2, 0.25) is 0 Å². The molecule has 78 valence electrons. The maximum atomic E-state index is 11.3. The average molecular weight is 225 g/mol. The fraction of sp³-hybridized carbons (Fsp3) is 0.300. The van der Waals surface area contributed by atoms with Crippen LogP contribution in [0.2, 0.25) is 5.02 Å². The Balaban J connectivity index is 2.93. The van der Waals surface area contributed by atoms with E-state index in [1.807, 2.05) is 6.07 Å². The summed E-state index contributed by atoms with van der Waals surface area (Å²) in [6, 6.07) is 3.52. The maximum Gasteiger partial charge on any atom is 0.358 e. The predicted octanol–water partition coefficient (Wildman–Crippen LogP) is 1.98. The number of halogens is 1. The summed E-state index contributed by atoms with van der Waals surface area (Å²) < 4.78 is 4.76. The summed E-state index contributed by atoms with van der Waals surface area (Å²) in [6.45, 7) is 1.98. The van der Waals surface area contributed by atoms with E-state index in [1.165, 1.54) is 6.20 Å². The van der Waals surface area contributed by atoms with E-state index >= 15 is 0 Å². The lowest BCUT2D eigenvalue weighted by Gasteiger charge is -2.03. The van der Waals surface area contributed by atoms with E-state index < -0.39 is 5.97 Å². The molecule has 0 radical (unpaired) electrons. The van der Waals surface area contributed by atoms with Gasteiger partial charge in [0, 0.05) is 6.20 Å². The fourth-order valence-electron chi connectivity index (χ4n) is 1.02. The summed E-state index contributed by atoms with van der Waals surface area (Å²) in [5.74, 6) is -0.550. The van der Waals surface area contributed by atoms with E-state index in [4.69, 9.17) is 21.6 Å². The van der Waals surface area contributed by atoms with Crippen molar-refractivity contribution < 1.29 is 9.53 Å². The van der Waals surface area contributed by atoms with Crippen molar-refractivity contribution in [3.8, 4) is 6.07 Å². The molecule has 0 aliphatic carbocycles. The molecule has 1 heterocycles. The largest absolute Gasteiger partial charge is 0.461 e. The quantitative estimate of drug-likeness (QED) is 0.737. The Morgan fingerprint density at radius 3 is 3.00 bits per heavy atom. The first-order valence-electron chi connectivity index (χ1n) is 4.37. The van der Waals surface area contributed by atoms with E-state index in [9.17, 15) is 4.79 Å². The maximum absolute atomic E-state index is 11.3. The molecule has 1 rings (SSSR count). The molecule has 0 spiro atoms. The van der Waals surface area contributed by atoms with Gasteiger partial charge in [0.25, 0.3) is 0 Å². The molecular formula is C10H9ClN2O2. The van der Waals surface area contributed by atoms with Crippen molar-refractivity contribution in [1.29, 1.82) is 5.26 Å². The number of aromatic nitrogens is 1. The molecule has 1 aromatic heterocycles. The number of hydrogen-bond acceptors (Lipinski definition) is 4. The first-order valence-corrected chi connectivity index (χ1v) is 4.75. The number of nitriles is 1. The minimum absolute atomic E-state index is 0.0835. The molecule has 0 amide bonds. The minimum atomic E-state index is -0.550. The van der Waals surface area contributed by atoms with Crippen molar-refractivity contribution in [2.75, 3.05) is 6.61 Å². The van der Waals surface area contributed by atoms with Gasteiger partial charge < -0.3 is 4.74 Å². The van der Waals surface area contributed by atoms with Crippen molar-refractivity contribution in [3.63, 3.8) is 0 Å². The lowest BCUT2D eigenvalue weighted by molar-refractivity contribution is 0.0519. The Morgan fingerprint density at radius 1 is 1.73 bits per heavy atom. The standard InChI is InChI=1S/C10H9ClN2O2/c1-2-15-10(14)9-8(11)5-7(3-4-12)6-13-9/h5-6H,2-3H2,1H3. The molecule has 0 fully saturated rings. The number of carbonyl (C=O) groups excluding carboxylic acids is 1. The zero-order valence-corrected chi connectivity index (χ0v) is 8.91. The smallest absolute Gasteiger partial charge is 0.358 e. The molecule has 5 heteroatoms. The number of nitrogens with zero attached hydrogens (tertiary/aromatic N) is 2. The Morgan fingerprint density at radius 2 is 2.47 bits per heavy atom. The summed E-state index contributed by atoms with van der Waals surface area (Å²) >= 11 is 5.82. The molecule has 0 N–H and O–H groups in total. The van der Waals surface area contributed by atoms with Crippen molar-refractivity contribution in [2.24, 2.45) is 0 Å². The van der Waals surface area contributed by atoms with Crippen molar-refractivity contribution in [1.82, 2.24) is 4.98 Å². The van der Waals surface area contributed by atoms with Gasteiger partial charge >= 0.3 is 5.97 Å².